The molecule has 8 aromatic carbocycles. The summed E-state index contributed by atoms with van der Waals surface area (Å²) in [6.07, 6.45) is 0. The lowest BCUT2D eigenvalue weighted by atomic mass is 9.65. The van der Waals surface area contributed by atoms with Crippen LogP contribution in [0.2, 0.25) is 0 Å². The molecule has 3 nitrogen and oxygen atoms in total. The van der Waals surface area contributed by atoms with Gasteiger partial charge in [-0.15, -0.1) is 0 Å². The quantitative estimate of drug-likeness (QED) is 0.178. The lowest BCUT2D eigenvalue weighted by Gasteiger charge is -2.40. The molecule has 0 N–H and O–H groups in total. The molecule has 0 atom stereocenters. The predicted octanol–water partition coefficient (Wildman–Crippen LogP) is 13.3. The van der Waals surface area contributed by atoms with Gasteiger partial charge in [0.15, 0.2) is 5.82 Å². The van der Waals surface area contributed by atoms with Crippen LogP contribution in [0.3, 0.4) is 0 Å². The van der Waals surface area contributed by atoms with E-state index in [2.05, 4.69) is 170 Å². The largest absolute Gasteiger partial charge is 0.456 e. The van der Waals surface area contributed by atoms with Gasteiger partial charge in [0.2, 0.25) is 0 Å². The Morgan fingerprint density at radius 3 is 1.39 bits per heavy atom. The fourth-order valence-electron chi connectivity index (χ4n) is 8.85. The van der Waals surface area contributed by atoms with Crippen LogP contribution >= 0.6 is 0 Å². The highest BCUT2D eigenvalue weighted by Gasteiger charge is 2.51. The second-order valence-electron chi connectivity index (χ2n) is 14.5. The Kier molecular flexibility index (Phi) is 7.39. The van der Waals surface area contributed by atoms with Crippen molar-refractivity contribution in [1.82, 2.24) is 9.97 Å². The number of aromatic nitrogens is 2. The molecule has 0 bridgehead atoms. The zero-order chi connectivity index (χ0) is 37.1. The van der Waals surface area contributed by atoms with E-state index >= 15 is 0 Å². The molecule has 11 rings (SSSR count). The molecule has 0 saturated carbocycles. The Bertz CT molecular complexity index is 2810. The third-order valence-corrected chi connectivity index (χ3v) is 11.4. The number of rotatable bonds is 5. The molecule has 0 radical (unpaired) electrons. The molecule has 0 unspecified atom stereocenters. The number of para-hydroxylation sites is 2. The van der Waals surface area contributed by atoms with Gasteiger partial charge < -0.3 is 4.74 Å². The van der Waals surface area contributed by atoms with E-state index in [1.807, 2.05) is 36.4 Å². The molecule has 2 aliphatic rings. The van der Waals surface area contributed by atoms with Gasteiger partial charge in [0.25, 0.3) is 0 Å². The van der Waals surface area contributed by atoms with E-state index in [9.17, 15) is 0 Å². The summed E-state index contributed by atoms with van der Waals surface area (Å²) >= 11 is 0. The van der Waals surface area contributed by atoms with Crippen LogP contribution in [0, 0.1) is 0 Å². The van der Waals surface area contributed by atoms with Gasteiger partial charge in [-0.3, -0.25) is 0 Å². The summed E-state index contributed by atoms with van der Waals surface area (Å²) in [4.78, 5) is 9.98. The summed E-state index contributed by atoms with van der Waals surface area (Å²) in [7, 11) is 0. The summed E-state index contributed by atoms with van der Waals surface area (Å²) in [5.74, 6) is 2.51. The standard InChI is InChI=1S/C53H34N2O/c1-3-14-38(15-4-1)48-34-49(55-52(54-48)40-16-5-2-6-17-40)39-32-28-36(29-33-39)35-26-30-37(31-27-35)41-20-13-24-47-51(41)56-50-25-12-11-23-46(50)53(47)44-21-9-7-18-42(44)43-19-8-10-22-45(43)53/h1-34H. The number of fused-ring (bicyclic) bond motifs is 9. The zero-order valence-corrected chi connectivity index (χ0v) is 30.4. The van der Waals surface area contributed by atoms with E-state index < -0.39 is 5.41 Å². The van der Waals surface area contributed by atoms with Gasteiger partial charge >= 0.3 is 0 Å². The highest BCUT2D eigenvalue weighted by atomic mass is 16.5. The first kappa shape index (κ1) is 32.1. The van der Waals surface area contributed by atoms with Crippen molar-refractivity contribution in [2.24, 2.45) is 0 Å². The predicted molar refractivity (Wildman–Crippen MR) is 227 cm³/mol. The molecular weight excluding hydrogens is 681 g/mol. The second-order valence-corrected chi connectivity index (χ2v) is 14.5. The summed E-state index contributed by atoms with van der Waals surface area (Å²) in [6.45, 7) is 0. The Morgan fingerprint density at radius 1 is 0.321 bits per heavy atom. The van der Waals surface area contributed by atoms with Crippen molar-refractivity contribution >= 4 is 0 Å². The van der Waals surface area contributed by atoms with Crippen molar-refractivity contribution in [2.45, 2.75) is 5.41 Å². The van der Waals surface area contributed by atoms with Crippen molar-refractivity contribution in [2.75, 3.05) is 0 Å². The highest BCUT2D eigenvalue weighted by molar-refractivity contribution is 5.90. The Balaban J connectivity index is 0.965. The topological polar surface area (TPSA) is 35.0 Å². The van der Waals surface area contributed by atoms with E-state index in [-0.39, 0.29) is 0 Å². The molecule has 1 spiro atoms. The maximum absolute atomic E-state index is 6.91. The van der Waals surface area contributed by atoms with Crippen LogP contribution in [0.15, 0.2) is 206 Å². The van der Waals surface area contributed by atoms with Gasteiger partial charge in [-0.25, -0.2) is 9.97 Å². The van der Waals surface area contributed by atoms with E-state index in [1.165, 1.54) is 33.4 Å². The average Bonchev–Trinajstić information content (AvgIpc) is 3.57. The Hall–Kier alpha value is -7.36. The van der Waals surface area contributed by atoms with Crippen molar-refractivity contribution in [3.8, 4) is 78.8 Å². The summed E-state index contributed by atoms with van der Waals surface area (Å²) in [6, 6.07) is 73.0. The maximum atomic E-state index is 6.91. The van der Waals surface area contributed by atoms with Crippen LogP contribution < -0.4 is 4.74 Å². The average molecular weight is 715 g/mol. The van der Waals surface area contributed by atoms with Gasteiger partial charge in [-0.1, -0.05) is 194 Å². The lowest BCUT2D eigenvalue weighted by molar-refractivity contribution is 0.438. The van der Waals surface area contributed by atoms with Crippen molar-refractivity contribution in [3.05, 3.63) is 229 Å². The van der Waals surface area contributed by atoms with Crippen LogP contribution in [0.25, 0.3) is 67.3 Å². The van der Waals surface area contributed by atoms with E-state index in [1.54, 1.807) is 0 Å². The number of hydrogen-bond donors (Lipinski definition) is 0. The van der Waals surface area contributed by atoms with Crippen LogP contribution in [0.1, 0.15) is 22.3 Å². The summed E-state index contributed by atoms with van der Waals surface area (Å²) in [5.41, 5.74) is 16.4. The maximum Gasteiger partial charge on any atom is 0.160 e. The van der Waals surface area contributed by atoms with Crippen LogP contribution in [-0.4, -0.2) is 9.97 Å². The number of benzene rings is 8. The van der Waals surface area contributed by atoms with Crippen molar-refractivity contribution in [1.29, 1.82) is 0 Å². The van der Waals surface area contributed by atoms with Gasteiger partial charge in [-0.05, 0) is 51.1 Å². The Labute approximate surface area is 326 Å². The third kappa shape index (κ3) is 4.98. The second kappa shape index (κ2) is 12.9. The minimum atomic E-state index is -0.484. The third-order valence-electron chi connectivity index (χ3n) is 11.4. The first-order valence-corrected chi connectivity index (χ1v) is 19.1. The fraction of sp³-hybridized carbons (Fsp3) is 0.0189. The summed E-state index contributed by atoms with van der Waals surface area (Å²) in [5, 5.41) is 0. The number of nitrogens with zero attached hydrogens (tertiary/aromatic N) is 2. The molecule has 0 amide bonds. The monoisotopic (exact) mass is 714 g/mol. The van der Waals surface area contributed by atoms with E-state index in [4.69, 9.17) is 14.7 Å². The van der Waals surface area contributed by atoms with Gasteiger partial charge in [0, 0.05) is 33.4 Å². The highest BCUT2D eigenvalue weighted by Crippen LogP contribution is 2.63. The van der Waals surface area contributed by atoms with Crippen LogP contribution in [0.5, 0.6) is 11.5 Å². The van der Waals surface area contributed by atoms with Crippen LogP contribution in [0.4, 0.5) is 0 Å². The van der Waals surface area contributed by atoms with E-state index in [0.717, 1.165) is 61.8 Å². The number of hydrogen-bond acceptors (Lipinski definition) is 3. The Morgan fingerprint density at radius 2 is 0.768 bits per heavy atom. The lowest BCUT2D eigenvalue weighted by Crippen LogP contribution is -2.32. The minimum Gasteiger partial charge on any atom is -0.456 e. The smallest absolute Gasteiger partial charge is 0.160 e. The normalized spacial score (nSPS) is 12.9. The molecule has 9 aromatic rings. The molecule has 262 valence electrons. The molecule has 0 fully saturated rings. The van der Waals surface area contributed by atoms with Gasteiger partial charge in [0.05, 0.1) is 16.8 Å². The molecule has 56 heavy (non-hydrogen) atoms. The van der Waals surface area contributed by atoms with Gasteiger partial charge in [0.1, 0.15) is 11.5 Å². The SMILES string of the molecule is c1ccc(-c2cc(-c3ccc(-c4ccc(-c5cccc6c5Oc5ccccc5C65c6ccccc6-c6ccccc65)cc4)cc3)nc(-c3ccccc3)n2)cc1. The van der Waals surface area contributed by atoms with E-state index in [0.29, 0.717) is 5.82 Å². The van der Waals surface area contributed by atoms with Gasteiger partial charge in [-0.2, -0.15) is 0 Å². The van der Waals surface area contributed by atoms with Crippen molar-refractivity contribution < 1.29 is 4.74 Å². The fourth-order valence-corrected chi connectivity index (χ4v) is 8.85. The number of ether oxygens (including phenoxy) is 1. The zero-order valence-electron chi connectivity index (χ0n) is 30.4. The first-order chi connectivity index (χ1) is 27.8. The van der Waals surface area contributed by atoms with Crippen LogP contribution in [-0.2, 0) is 5.41 Å². The van der Waals surface area contributed by atoms with Crippen molar-refractivity contribution in [3.63, 3.8) is 0 Å². The molecular formula is C53H34N2O. The molecule has 0 saturated heterocycles. The molecule has 1 aliphatic heterocycles. The summed E-state index contributed by atoms with van der Waals surface area (Å²) < 4.78 is 6.91. The molecule has 1 aromatic heterocycles. The minimum absolute atomic E-state index is 0.484. The molecule has 2 heterocycles. The first-order valence-electron chi connectivity index (χ1n) is 19.1. The molecule has 3 heteroatoms. The molecule has 1 aliphatic carbocycles.